The molecular formula is C11H9FN2O. The smallest absolute Gasteiger partial charge is 0.168 e. The highest BCUT2D eigenvalue weighted by molar-refractivity contribution is 5.77. The Kier molecular flexibility index (Phi) is 1.65. The van der Waals surface area contributed by atoms with Crippen LogP contribution in [0.1, 0.15) is 34.9 Å². The van der Waals surface area contributed by atoms with E-state index in [0.29, 0.717) is 17.3 Å². The van der Waals surface area contributed by atoms with E-state index in [4.69, 9.17) is 0 Å². The summed E-state index contributed by atoms with van der Waals surface area (Å²) in [6.07, 6.45) is 4.21. The van der Waals surface area contributed by atoms with Crippen molar-refractivity contribution in [2.45, 2.75) is 18.8 Å². The van der Waals surface area contributed by atoms with Crippen molar-refractivity contribution in [2.24, 2.45) is 0 Å². The number of nitrogens with zero attached hydrogens (tertiary/aromatic N) is 2. The van der Waals surface area contributed by atoms with Crippen LogP contribution in [0.2, 0.25) is 0 Å². The summed E-state index contributed by atoms with van der Waals surface area (Å²) in [5.41, 5.74) is 1.95. The van der Waals surface area contributed by atoms with Crippen LogP contribution < -0.4 is 0 Å². The molecule has 4 heteroatoms. The van der Waals surface area contributed by atoms with Gasteiger partial charge in [0, 0.05) is 12.1 Å². The zero-order valence-corrected chi connectivity index (χ0v) is 7.98. The van der Waals surface area contributed by atoms with Crippen molar-refractivity contribution in [1.82, 2.24) is 9.38 Å². The van der Waals surface area contributed by atoms with Crippen LogP contribution in [0.5, 0.6) is 0 Å². The Morgan fingerprint density at radius 1 is 1.47 bits per heavy atom. The Morgan fingerprint density at radius 2 is 2.27 bits per heavy atom. The third-order valence-electron chi connectivity index (χ3n) is 2.72. The third kappa shape index (κ3) is 1.25. The van der Waals surface area contributed by atoms with Crippen LogP contribution in [0.25, 0.3) is 5.65 Å². The number of aldehydes is 1. The molecule has 0 bridgehead atoms. The van der Waals surface area contributed by atoms with E-state index in [-0.39, 0.29) is 5.82 Å². The van der Waals surface area contributed by atoms with E-state index in [0.717, 1.165) is 24.8 Å². The minimum atomic E-state index is -0.356. The Morgan fingerprint density at radius 3 is 2.93 bits per heavy atom. The molecular weight excluding hydrogens is 195 g/mol. The molecule has 0 spiro atoms. The van der Waals surface area contributed by atoms with E-state index in [9.17, 15) is 9.18 Å². The summed E-state index contributed by atoms with van der Waals surface area (Å²) >= 11 is 0. The van der Waals surface area contributed by atoms with Crippen molar-refractivity contribution in [3.8, 4) is 0 Å². The van der Waals surface area contributed by atoms with Gasteiger partial charge in [0.2, 0.25) is 0 Å². The quantitative estimate of drug-likeness (QED) is 0.702. The van der Waals surface area contributed by atoms with Gasteiger partial charge in [-0.3, -0.25) is 9.20 Å². The van der Waals surface area contributed by atoms with Crippen molar-refractivity contribution < 1.29 is 9.18 Å². The van der Waals surface area contributed by atoms with Crippen LogP contribution >= 0.6 is 0 Å². The number of rotatable bonds is 2. The Bertz CT molecular complexity index is 543. The van der Waals surface area contributed by atoms with Gasteiger partial charge < -0.3 is 0 Å². The third-order valence-corrected chi connectivity index (χ3v) is 2.72. The first-order valence-electron chi connectivity index (χ1n) is 4.92. The van der Waals surface area contributed by atoms with Crippen molar-refractivity contribution in [3.63, 3.8) is 0 Å². The lowest BCUT2D eigenvalue weighted by Crippen LogP contribution is -1.94. The first kappa shape index (κ1) is 8.59. The van der Waals surface area contributed by atoms with Crippen molar-refractivity contribution in [2.75, 3.05) is 0 Å². The number of carbonyl (C=O) groups excluding carboxylic acids is 1. The molecule has 76 valence electrons. The molecule has 2 aromatic rings. The SMILES string of the molecule is O=Cc1c(C2CC2)nc2ccc(F)cn12. The van der Waals surface area contributed by atoms with Gasteiger partial charge in [0.1, 0.15) is 17.2 Å². The van der Waals surface area contributed by atoms with E-state index < -0.39 is 0 Å². The molecule has 2 heterocycles. The highest BCUT2D eigenvalue weighted by atomic mass is 19.1. The first-order valence-corrected chi connectivity index (χ1v) is 4.92. The predicted octanol–water partition coefficient (Wildman–Crippen LogP) is 2.16. The summed E-state index contributed by atoms with van der Waals surface area (Å²) in [5.74, 6) is 0.0403. The van der Waals surface area contributed by atoms with E-state index >= 15 is 0 Å². The average molecular weight is 204 g/mol. The average Bonchev–Trinajstić information content (AvgIpc) is 3.00. The second-order valence-electron chi connectivity index (χ2n) is 3.85. The fourth-order valence-electron chi connectivity index (χ4n) is 1.83. The highest BCUT2D eigenvalue weighted by Crippen LogP contribution is 2.40. The molecule has 0 radical (unpaired) electrons. The first-order chi connectivity index (χ1) is 7.29. The lowest BCUT2D eigenvalue weighted by molar-refractivity contribution is 0.111. The van der Waals surface area contributed by atoms with Gasteiger partial charge in [0.15, 0.2) is 6.29 Å². The molecule has 0 N–H and O–H groups in total. The van der Waals surface area contributed by atoms with E-state index in [1.807, 2.05) is 0 Å². The minimum absolute atomic E-state index is 0.356. The number of imidazole rings is 1. The van der Waals surface area contributed by atoms with Gasteiger partial charge in [-0.15, -0.1) is 0 Å². The highest BCUT2D eigenvalue weighted by Gasteiger charge is 2.29. The summed E-state index contributed by atoms with van der Waals surface area (Å²) in [4.78, 5) is 15.3. The molecule has 15 heavy (non-hydrogen) atoms. The predicted molar refractivity (Wildman–Crippen MR) is 52.5 cm³/mol. The summed E-state index contributed by atoms with van der Waals surface area (Å²) in [7, 11) is 0. The number of halogens is 1. The Balaban J connectivity index is 2.32. The summed E-state index contributed by atoms with van der Waals surface area (Å²) in [6, 6.07) is 2.95. The number of pyridine rings is 1. The molecule has 0 saturated heterocycles. The van der Waals surface area contributed by atoms with Crippen LogP contribution in [0.4, 0.5) is 4.39 Å². The maximum atomic E-state index is 13.0. The fourth-order valence-corrected chi connectivity index (χ4v) is 1.83. The van der Waals surface area contributed by atoms with Crippen LogP contribution in [0, 0.1) is 5.82 Å². The van der Waals surface area contributed by atoms with Crippen molar-refractivity contribution in [3.05, 3.63) is 35.5 Å². The second-order valence-corrected chi connectivity index (χ2v) is 3.85. The number of carbonyl (C=O) groups is 1. The van der Waals surface area contributed by atoms with Gasteiger partial charge in [-0.2, -0.15) is 0 Å². The van der Waals surface area contributed by atoms with Gasteiger partial charge in [-0.1, -0.05) is 0 Å². The lowest BCUT2D eigenvalue weighted by Gasteiger charge is -1.95. The monoisotopic (exact) mass is 204 g/mol. The maximum absolute atomic E-state index is 13.0. The van der Waals surface area contributed by atoms with Gasteiger partial charge in [-0.05, 0) is 25.0 Å². The minimum Gasteiger partial charge on any atom is -0.296 e. The van der Waals surface area contributed by atoms with Crippen LogP contribution in [0.15, 0.2) is 18.3 Å². The number of hydrogen-bond acceptors (Lipinski definition) is 2. The topological polar surface area (TPSA) is 34.4 Å². The summed E-state index contributed by atoms with van der Waals surface area (Å²) in [6.45, 7) is 0. The van der Waals surface area contributed by atoms with Gasteiger partial charge >= 0.3 is 0 Å². The summed E-state index contributed by atoms with van der Waals surface area (Å²) in [5, 5.41) is 0. The van der Waals surface area contributed by atoms with Crippen molar-refractivity contribution in [1.29, 1.82) is 0 Å². The largest absolute Gasteiger partial charge is 0.296 e. The molecule has 1 saturated carbocycles. The van der Waals surface area contributed by atoms with Crippen LogP contribution in [0.3, 0.4) is 0 Å². The van der Waals surface area contributed by atoms with Crippen LogP contribution in [-0.4, -0.2) is 15.7 Å². The standard InChI is InChI=1S/C11H9FN2O/c12-8-3-4-10-13-11(7-1-2-7)9(6-15)14(10)5-8/h3-7H,1-2H2. The molecule has 0 atom stereocenters. The zero-order valence-electron chi connectivity index (χ0n) is 7.98. The van der Waals surface area contributed by atoms with E-state index in [2.05, 4.69) is 4.98 Å². The Labute approximate surface area is 85.6 Å². The number of hydrogen-bond donors (Lipinski definition) is 0. The van der Waals surface area contributed by atoms with Crippen molar-refractivity contribution >= 4 is 11.9 Å². The fraction of sp³-hybridized carbons (Fsp3) is 0.273. The summed E-state index contributed by atoms with van der Waals surface area (Å²) < 4.78 is 14.5. The maximum Gasteiger partial charge on any atom is 0.168 e. The van der Waals surface area contributed by atoms with Gasteiger partial charge in [0.25, 0.3) is 0 Å². The molecule has 1 aliphatic carbocycles. The van der Waals surface area contributed by atoms with E-state index in [1.165, 1.54) is 16.7 Å². The molecule has 0 aliphatic heterocycles. The van der Waals surface area contributed by atoms with E-state index in [1.54, 1.807) is 6.07 Å². The molecule has 1 fully saturated rings. The molecule has 1 aliphatic rings. The van der Waals surface area contributed by atoms with Gasteiger partial charge in [0.05, 0.1) is 5.69 Å². The number of aromatic nitrogens is 2. The second kappa shape index (κ2) is 2.89. The van der Waals surface area contributed by atoms with Gasteiger partial charge in [-0.25, -0.2) is 9.37 Å². The lowest BCUT2D eigenvalue weighted by atomic mass is 10.2. The normalized spacial score (nSPS) is 15.8. The molecule has 3 nitrogen and oxygen atoms in total. The zero-order chi connectivity index (χ0) is 10.4. The Hall–Kier alpha value is -1.71. The molecule has 3 rings (SSSR count). The molecule has 0 unspecified atom stereocenters. The number of fused-ring (bicyclic) bond motifs is 1. The molecule has 2 aromatic heterocycles. The molecule has 0 amide bonds. The van der Waals surface area contributed by atoms with Crippen LogP contribution in [-0.2, 0) is 0 Å². The molecule has 0 aromatic carbocycles.